The number of hydrogen-bond acceptors (Lipinski definition) is 3. The molecule has 0 bridgehead atoms. The number of aromatic nitrogens is 2. The number of rotatable bonds is 5. The van der Waals surface area contributed by atoms with E-state index in [1.165, 1.54) is 0 Å². The van der Waals surface area contributed by atoms with Crippen LogP contribution in [0.25, 0.3) is 0 Å². The van der Waals surface area contributed by atoms with Crippen molar-refractivity contribution in [2.75, 3.05) is 13.7 Å². The maximum atomic E-state index is 11.9. The fraction of sp³-hybridized carbons (Fsp3) is 0.636. The van der Waals surface area contributed by atoms with Gasteiger partial charge in [0.05, 0.1) is 24.1 Å². The Morgan fingerprint density at radius 1 is 1.75 bits per heavy atom. The summed E-state index contributed by atoms with van der Waals surface area (Å²) in [6, 6.07) is 0.0134. The van der Waals surface area contributed by atoms with E-state index in [-0.39, 0.29) is 11.9 Å². The van der Waals surface area contributed by atoms with Gasteiger partial charge in [0.2, 0.25) is 0 Å². The van der Waals surface area contributed by atoms with Crippen molar-refractivity contribution < 1.29 is 9.53 Å². The molecule has 1 heterocycles. The third-order valence-electron chi connectivity index (χ3n) is 2.69. The Bertz CT molecular complexity index is 371. The zero-order chi connectivity index (χ0) is 11.5. The van der Waals surface area contributed by atoms with Crippen LogP contribution in [0.3, 0.4) is 0 Å². The summed E-state index contributed by atoms with van der Waals surface area (Å²) in [6.07, 6.45) is 3.90. The molecule has 5 heteroatoms. The number of methoxy groups -OCH3 is 1. The zero-order valence-corrected chi connectivity index (χ0v) is 9.62. The van der Waals surface area contributed by atoms with Crippen LogP contribution in [-0.2, 0) is 4.74 Å². The van der Waals surface area contributed by atoms with Crippen molar-refractivity contribution in [3.63, 3.8) is 0 Å². The molecule has 0 aliphatic heterocycles. The molecule has 1 aliphatic carbocycles. The molecule has 0 aromatic carbocycles. The molecule has 1 saturated carbocycles. The summed E-state index contributed by atoms with van der Waals surface area (Å²) in [7, 11) is 1.62. The number of amides is 1. The minimum atomic E-state index is -0.0693. The number of carbonyl (C=O) groups is 1. The molecule has 1 aromatic heterocycles. The van der Waals surface area contributed by atoms with E-state index in [9.17, 15) is 4.79 Å². The van der Waals surface area contributed by atoms with Crippen molar-refractivity contribution in [3.8, 4) is 0 Å². The van der Waals surface area contributed by atoms with Crippen LogP contribution in [0.1, 0.15) is 41.7 Å². The average molecular weight is 223 g/mol. The second-order valence-corrected chi connectivity index (χ2v) is 4.30. The van der Waals surface area contributed by atoms with E-state index in [0.717, 1.165) is 18.5 Å². The first kappa shape index (κ1) is 11.1. The van der Waals surface area contributed by atoms with Gasteiger partial charge in [0.1, 0.15) is 0 Å². The van der Waals surface area contributed by atoms with Crippen LogP contribution in [0.2, 0.25) is 0 Å². The Kier molecular flexibility index (Phi) is 3.24. The van der Waals surface area contributed by atoms with Crippen molar-refractivity contribution in [3.05, 3.63) is 17.5 Å². The molecule has 1 fully saturated rings. The molecule has 5 nitrogen and oxygen atoms in total. The molecule has 0 saturated heterocycles. The van der Waals surface area contributed by atoms with E-state index < -0.39 is 0 Å². The first-order valence-corrected chi connectivity index (χ1v) is 5.55. The van der Waals surface area contributed by atoms with Crippen LogP contribution in [0.15, 0.2) is 6.20 Å². The van der Waals surface area contributed by atoms with Crippen molar-refractivity contribution in [2.24, 2.45) is 0 Å². The van der Waals surface area contributed by atoms with Gasteiger partial charge in [0.25, 0.3) is 5.91 Å². The molecule has 1 aromatic rings. The molecule has 0 radical (unpaired) electrons. The summed E-state index contributed by atoms with van der Waals surface area (Å²) < 4.78 is 4.97. The monoisotopic (exact) mass is 223 g/mol. The number of carbonyl (C=O) groups excluding carboxylic acids is 1. The van der Waals surface area contributed by atoms with E-state index in [2.05, 4.69) is 15.5 Å². The van der Waals surface area contributed by atoms with Crippen LogP contribution in [0.4, 0.5) is 0 Å². The summed E-state index contributed by atoms with van der Waals surface area (Å²) in [6.45, 7) is 2.43. The summed E-state index contributed by atoms with van der Waals surface area (Å²) in [5.74, 6) is 0.432. The lowest BCUT2D eigenvalue weighted by Crippen LogP contribution is -2.35. The molecule has 1 aliphatic rings. The van der Waals surface area contributed by atoms with Crippen LogP contribution >= 0.6 is 0 Å². The van der Waals surface area contributed by atoms with Gasteiger partial charge >= 0.3 is 0 Å². The van der Waals surface area contributed by atoms with Gasteiger partial charge in [-0.05, 0) is 19.8 Å². The molecular formula is C11H17N3O2. The van der Waals surface area contributed by atoms with E-state index in [1.54, 1.807) is 13.3 Å². The van der Waals surface area contributed by atoms with Gasteiger partial charge in [-0.25, -0.2) is 0 Å². The SMILES string of the molecule is COC[C@@H](C)NC(=O)c1cn[nH]c1C1CC1. The lowest BCUT2D eigenvalue weighted by Gasteiger charge is -2.12. The molecule has 16 heavy (non-hydrogen) atoms. The number of hydrogen-bond donors (Lipinski definition) is 2. The largest absolute Gasteiger partial charge is 0.383 e. The molecule has 0 unspecified atom stereocenters. The Morgan fingerprint density at radius 2 is 2.50 bits per heavy atom. The van der Waals surface area contributed by atoms with Crippen molar-refractivity contribution in [1.82, 2.24) is 15.5 Å². The van der Waals surface area contributed by atoms with E-state index in [1.807, 2.05) is 6.92 Å². The van der Waals surface area contributed by atoms with Gasteiger partial charge in [0.15, 0.2) is 0 Å². The smallest absolute Gasteiger partial charge is 0.255 e. The normalized spacial score (nSPS) is 17.1. The Balaban J connectivity index is 2.00. The van der Waals surface area contributed by atoms with Gasteiger partial charge in [-0.1, -0.05) is 0 Å². The van der Waals surface area contributed by atoms with Crippen molar-refractivity contribution in [1.29, 1.82) is 0 Å². The van der Waals surface area contributed by atoms with Gasteiger partial charge in [0, 0.05) is 19.1 Å². The second-order valence-electron chi connectivity index (χ2n) is 4.30. The zero-order valence-electron chi connectivity index (χ0n) is 9.62. The number of nitrogens with zero attached hydrogens (tertiary/aromatic N) is 1. The molecule has 1 amide bonds. The summed E-state index contributed by atoms with van der Waals surface area (Å²) in [5.41, 5.74) is 1.65. The second kappa shape index (κ2) is 4.65. The number of aromatic amines is 1. The van der Waals surface area contributed by atoms with Gasteiger partial charge in [-0.2, -0.15) is 5.10 Å². The van der Waals surface area contributed by atoms with Gasteiger partial charge < -0.3 is 10.1 Å². The third-order valence-corrected chi connectivity index (χ3v) is 2.69. The highest BCUT2D eigenvalue weighted by atomic mass is 16.5. The first-order chi connectivity index (χ1) is 7.72. The molecular weight excluding hydrogens is 206 g/mol. The minimum absolute atomic E-state index is 0.0134. The van der Waals surface area contributed by atoms with Crippen LogP contribution in [0, 0.1) is 0 Å². The van der Waals surface area contributed by atoms with Gasteiger partial charge in [-0.3, -0.25) is 9.89 Å². The predicted octanol–water partition coefficient (Wildman–Crippen LogP) is 1.05. The summed E-state index contributed by atoms with van der Waals surface area (Å²) in [5, 5.41) is 9.73. The summed E-state index contributed by atoms with van der Waals surface area (Å²) in [4.78, 5) is 11.9. The minimum Gasteiger partial charge on any atom is -0.383 e. The van der Waals surface area contributed by atoms with Crippen molar-refractivity contribution >= 4 is 5.91 Å². The Morgan fingerprint density at radius 3 is 3.12 bits per heavy atom. The van der Waals surface area contributed by atoms with Crippen LogP contribution in [0.5, 0.6) is 0 Å². The summed E-state index contributed by atoms with van der Waals surface area (Å²) >= 11 is 0. The maximum absolute atomic E-state index is 11.9. The number of H-pyrrole nitrogens is 1. The molecule has 2 rings (SSSR count). The number of ether oxygens (including phenoxy) is 1. The number of nitrogens with one attached hydrogen (secondary N) is 2. The molecule has 88 valence electrons. The molecule has 2 N–H and O–H groups in total. The standard InChI is InChI=1S/C11H17N3O2/c1-7(6-16-2)13-11(15)9-5-12-14-10(9)8-3-4-8/h5,7-8H,3-4,6H2,1-2H3,(H,12,14)(H,13,15)/t7-/m1/s1. The fourth-order valence-corrected chi connectivity index (χ4v) is 1.75. The van der Waals surface area contributed by atoms with E-state index in [0.29, 0.717) is 18.1 Å². The van der Waals surface area contributed by atoms with Crippen LogP contribution < -0.4 is 5.32 Å². The highest BCUT2D eigenvalue weighted by Gasteiger charge is 2.30. The van der Waals surface area contributed by atoms with Crippen molar-refractivity contribution in [2.45, 2.75) is 31.7 Å². The molecule has 0 spiro atoms. The highest BCUT2D eigenvalue weighted by molar-refractivity contribution is 5.95. The fourth-order valence-electron chi connectivity index (χ4n) is 1.75. The Hall–Kier alpha value is -1.36. The molecule has 1 atom stereocenters. The highest BCUT2D eigenvalue weighted by Crippen LogP contribution is 2.40. The topological polar surface area (TPSA) is 67.0 Å². The predicted molar refractivity (Wildman–Crippen MR) is 59.4 cm³/mol. The lowest BCUT2D eigenvalue weighted by molar-refractivity contribution is 0.0904. The first-order valence-electron chi connectivity index (χ1n) is 5.55. The van der Waals surface area contributed by atoms with Crippen LogP contribution in [-0.4, -0.2) is 35.9 Å². The maximum Gasteiger partial charge on any atom is 0.255 e. The Labute approximate surface area is 94.6 Å². The average Bonchev–Trinajstić information content (AvgIpc) is 2.96. The quantitative estimate of drug-likeness (QED) is 0.784. The lowest BCUT2D eigenvalue weighted by atomic mass is 10.1. The third kappa shape index (κ3) is 2.41. The van der Waals surface area contributed by atoms with E-state index >= 15 is 0 Å². The van der Waals surface area contributed by atoms with Gasteiger partial charge in [-0.15, -0.1) is 0 Å². The van der Waals surface area contributed by atoms with E-state index in [4.69, 9.17) is 4.74 Å².